The first-order chi connectivity index (χ1) is 14.6. The van der Waals surface area contributed by atoms with E-state index >= 15 is 0 Å². The fourth-order valence-electron chi connectivity index (χ4n) is 3.56. The second-order valence-corrected chi connectivity index (χ2v) is 7.06. The first-order valence-electron chi connectivity index (χ1n) is 9.41. The zero-order valence-electron chi connectivity index (χ0n) is 15.7. The van der Waals surface area contributed by atoms with Crippen LogP contribution in [-0.4, -0.2) is 15.1 Å². The lowest BCUT2D eigenvalue weighted by molar-refractivity contribution is 0.218. The molecule has 0 aliphatic carbocycles. The van der Waals surface area contributed by atoms with Crippen LogP contribution in [0.15, 0.2) is 60.8 Å². The second-order valence-electron chi connectivity index (χ2n) is 7.06. The van der Waals surface area contributed by atoms with Crippen molar-refractivity contribution in [1.82, 2.24) is 9.97 Å². The van der Waals surface area contributed by atoms with Gasteiger partial charge in [0.25, 0.3) is 0 Å². The quantitative estimate of drug-likeness (QED) is 0.510. The third kappa shape index (κ3) is 3.31. The van der Waals surface area contributed by atoms with Gasteiger partial charge < -0.3 is 9.84 Å². The number of ether oxygens (including phenoxy) is 1. The number of aliphatic hydroxyl groups is 1. The number of halogens is 2. The van der Waals surface area contributed by atoms with E-state index in [1.165, 1.54) is 0 Å². The maximum Gasteiger partial charge on any atom is 0.161 e. The summed E-state index contributed by atoms with van der Waals surface area (Å²) in [4.78, 5) is 8.65. The van der Waals surface area contributed by atoms with E-state index in [0.29, 0.717) is 40.2 Å². The highest BCUT2D eigenvalue weighted by atomic mass is 19.2. The molecule has 2 aromatic carbocycles. The lowest BCUT2D eigenvalue weighted by atomic mass is 9.98. The molecule has 4 aromatic rings. The van der Waals surface area contributed by atoms with E-state index < -0.39 is 17.7 Å². The minimum Gasteiger partial charge on any atom is -0.487 e. The van der Waals surface area contributed by atoms with Crippen molar-refractivity contribution in [3.8, 4) is 5.75 Å². The maximum absolute atomic E-state index is 13.5. The molecule has 1 unspecified atom stereocenters. The average Bonchev–Trinajstić information content (AvgIpc) is 2.90. The Morgan fingerprint density at radius 3 is 2.73 bits per heavy atom. The van der Waals surface area contributed by atoms with E-state index in [1.807, 2.05) is 30.3 Å². The molecule has 30 heavy (non-hydrogen) atoms. The molecule has 5 rings (SSSR count). The van der Waals surface area contributed by atoms with Crippen molar-refractivity contribution in [2.45, 2.75) is 12.7 Å². The summed E-state index contributed by atoms with van der Waals surface area (Å²) in [6.07, 6.45) is 4.46. The Hall–Kier alpha value is -3.64. The molecule has 4 nitrogen and oxygen atoms in total. The first-order valence-corrected chi connectivity index (χ1v) is 9.41. The largest absolute Gasteiger partial charge is 0.487 e. The van der Waals surface area contributed by atoms with Gasteiger partial charge in [-0.3, -0.25) is 4.98 Å². The summed E-state index contributed by atoms with van der Waals surface area (Å²) in [7, 11) is 0. The van der Waals surface area contributed by atoms with Crippen molar-refractivity contribution < 1.29 is 18.6 Å². The fourth-order valence-corrected chi connectivity index (χ4v) is 3.56. The van der Waals surface area contributed by atoms with Gasteiger partial charge in [-0.05, 0) is 42.0 Å². The lowest BCUT2D eigenvalue weighted by Crippen LogP contribution is -2.02. The van der Waals surface area contributed by atoms with Gasteiger partial charge in [-0.2, -0.15) is 0 Å². The predicted octanol–water partition coefficient (Wildman–Crippen LogP) is 5.05. The van der Waals surface area contributed by atoms with Crippen molar-refractivity contribution in [3.05, 3.63) is 101 Å². The summed E-state index contributed by atoms with van der Waals surface area (Å²) < 4.78 is 32.7. The number of hydrogen-bond donors (Lipinski definition) is 1. The van der Waals surface area contributed by atoms with Gasteiger partial charge in [-0.25, -0.2) is 13.8 Å². The van der Waals surface area contributed by atoms with Gasteiger partial charge in [-0.1, -0.05) is 24.3 Å². The number of nitrogens with zero attached hydrogens (tertiary/aromatic N) is 2. The molecular weight excluding hydrogens is 386 g/mol. The Balaban J connectivity index is 1.47. The zero-order valence-corrected chi connectivity index (χ0v) is 15.7. The van der Waals surface area contributed by atoms with Crippen LogP contribution in [0.4, 0.5) is 8.78 Å². The van der Waals surface area contributed by atoms with E-state index in [4.69, 9.17) is 4.74 Å². The second kappa shape index (κ2) is 7.31. The molecule has 0 spiro atoms. The molecule has 1 atom stereocenters. The van der Waals surface area contributed by atoms with Crippen LogP contribution in [0.2, 0.25) is 0 Å². The molecule has 0 radical (unpaired) electrons. The normalized spacial score (nSPS) is 15.5. The maximum atomic E-state index is 13.5. The third-order valence-electron chi connectivity index (χ3n) is 5.11. The fraction of sp³-hybridized carbons (Fsp3) is 0.0833. The molecule has 0 amide bonds. The van der Waals surface area contributed by atoms with Gasteiger partial charge in [0, 0.05) is 28.8 Å². The molecule has 2 aromatic heterocycles. The molecule has 148 valence electrons. The van der Waals surface area contributed by atoms with E-state index in [9.17, 15) is 13.9 Å². The molecule has 1 aliphatic heterocycles. The molecule has 6 heteroatoms. The van der Waals surface area contributed by atoms with Gasteiger partial charge in [0.05, 0.1) is 16.9 Å². The Morgan fingerprint density at radius 1 is 0.967 bits per heavy atom. The molecule has 1 N–H and O–H groups in total. The van der Waals surface area contributed by atoms with Crippen LogP contribution in [0.3, 0.4) is 0 Å². The average molecular weight is 402 g/mol. The number of rotatable bonds is 2. The molecule has 0 bridgehead atoms. The minimum absolute atomic E-state index is 0.299. The SMILES string of the molecule is OC1c2cc(C=Cc3ccc4cc(F)c(F)cc4n3)ccc2OCc2ncccc21. The molecule has 0 saturated heterocycles. The van der Waals surface area contributed by atoms with Gasteiger partial charge in [0.2, 0.25) is 0 Å². The summed E-state index contributed by atoms with van der Waals surface area (Å²) in [6, 6.07) is 14.8. The van der Waals surface area contributed by atoms with Gasteiger partial charge >= 0.3 is 0 Å². The van der Waals surface area contributed by atoms with E-state index in [-0.39, 0.29) is 0 Å². The number of benzene rings is 2. The molecule has 0 fully saturated rings. The Kier molecular flexibility index (Phi) is 4.48. The van der Waals surface area contributed by atoms with Crippen molar-refractivity contribution in [1.29, 1.82) is 0 Å². The summed E-state index contributed by atoms with van der Waals surface area (Å²) in [5, 5.41) is 11.4. The summed E-state index contributed by atoms with van der Waals surface area (Å²) in [6.45, 7) is 0.299. The standard InChI is InChI=1S/C24H16F2N2O2/c25-19-11-15-5-7-16(28-21(15)12-20(19)26)6-3-14-4-8-23-18(10-14)24(29)17-2-1-9-27-22(17)13-30-23/h1-12,24,29H,13H2. The van der Waals surface area contributed by atoms with Crippen LogP contribution in [0, 0.1) is 11.6 Å². The number of aliphatic hydroxyl groups excluding tert-OH is 1. The van der Waals surface area contributed by atoms with Crippen LogP contribution in [-0.2, 0) is 6.61 Å². The van der Waals surface area contributed by atoms with Crippen molar-refractivity contribution in [2.75, 3.05) is 0 Å². The topological polar surface area (TPSA) is 55.2 Å². The highest BCUT2D eigenvalue weighted by molar-refractivity contribution is 5.81. The lowest BCUT2D eigenvalue weighted by Gasteiger charge is -2.13. The Bertz CT molecular complexity index is 1300. The summed E-state index contributed by atoms with van der Waals surface area (Å²) in [5.74, 6) is -1.21. The van der Waals surface area contributed by atoms with Crippen molar-refractivity contribution >= 4 is 23.1 Å². The smallest absolute Gasteiger partial charge is 0.161 e. The van der Waals surface area contributed by atoms with Crippen molar-refractivity contribution in [2.24, 2.45) is 0 Å². The highest BCUT2D eigenvalue weighted by Crippen LogP contribution is 2.35. The van der Waals surface area contributed by atoms with Gasteiger partial charge in [0.15, 0.2) is 11.6 Å². The van der Waals surface area contributed by atoms with Gasteiger partial charge in [-0.15, -0.1) is 0 Å². The number of fused-ring (bicyclic) bond motifs is 3. The van der Waals surface area contributed by atoms with Gasteiger partial charge in [0.1, 0.15) is 18.5 Å². The molecule has 3 heterocycles. The summed E-state index contributed by atoms with van der Waals surface area (Å²) in [5.41, 5.74) is 3.93. The number of pyridine rings is 2. The first kappa shape index (κ1) is 18.4. The van der Waals surface area contributed by atoms with E-state index in [2.05, 4.69) is 9.97 Å². The third-order valence-corrected chi connectivity index (χ3v) is 5.11. The number of hydrogen-bond acceptors (Lipinski definition) is 4. The predicted molar refractivity (Wildman–Crippen MR) is 110 cm³/mol. The van der Waals surface area contributed by atoms with Crippen LogP contribution >= 0.6 is 0 Å². The summed E-state index contributed by atoms with van der Waals surface area (Å²) >= 11 is 0. The van der Waals surface area contributed by atoms with Crippen LogP contribution in [0.25, 0.3) is 23.1 Å². The minimum atomic E-state index is -0.925. The van der Waals surface area contributed by atoms with Crippen LogP contribution in [0.5, 0.6) is 5.75 Å². The highest BCUT2D eigenvalue weighted by Gasteiger charge is 2.23. The Labute approximate surface area is 171 Å². The van der Waals surface area contributed by atoms with Crippen LogP contribution in [0.1, 0.15) is 34.2 Å². The van der Waals surface area contributed by atoms with Crippen LogP contribution < -0.4 is 4.74 Å². The van der Waals surface area contributed by atoms with E-state index in [1.54, 1.807) is 30.5 Å². The van der Waals surface area contributed by atoms with E-state index in [0.717, 1.165) is 23.3 Å². The monoisotopic (exact) mass is 402 g/mol. The zero-order chi connectivity index (χ0) is 20.7. The molecular formula is C24H16F2N2O2. The Morgan fingerprint density at radius 2 is 1.83 bits per heavy atom. The molecule has 1 aliphatic rings. The van der Waals surface area contributed by atoms with Crippen molar-refractivity contribution in [3.63, 3.8) is 0 Å². The molecule has 0 saturated carbocycles. The number of aromatic nitrogens is 2.